The van der Waals surface area contributed by atoms with Crippen molar-refractivity contribution in [3.05, 3.63) is 59.7 Å². The van der Waals surface area contributed by atoms with Gasteiger partial charge in [-0.05, 0) is 43.3 Å². The predicted octanol–water partition coefficient (Wildman–Crippen LogP) is 2.16. The van der Waals surface area contributed by atoms with Crippen molar-refractivity contribution in [2.75, 3.05) is 7.05 Å². The molecule has 2 aromatic rings. The highest BCUT2D eigenvalue weighted by Gasteiger charge is 2.17. The van der Waals surface area contributed by atoms with E-state index in [-0.39, 0.29) is 9.79 Å². The first kappa shape index (κ1) is 14.3. The molecule has 2 rings (SSSR count). The molecule has 2 aromatic carbocycles. The Morgan fingerprint density at radius 3 is 1.85 bits per heavy atom. The molecule has 0 radical (unpaired) electrons. The molecule has 4 nitrogen and oxygen atoms in total. The van der Waals surface area contributed by atoms with Crippen molar-refractivity contribution >= 4 is 15.7 Å². The standard InChI is InChI=1S/C15H16N2O2S/c1-11-3-7-13(8-4-11)20(18,19)14-9-5-12(6-10-14)15(16)17-2/h3-10H,1-2H3,(H2,16,17). The molecule has 5 heteroatoms. The van der Waals surface area contributed by atoms with E-state index in [0.717, 1.165) is 5.56 Å². The Morgan fingerprint density at radius 1 is 0.950 bits per heavy atom. The number of rotatable bonds is 3. The lowest BCUT2D eigenvalue weighted by atomic mass is 10.2. The van der Waals surface area contributed by atoms with Crippen LogP contribution in [0, 0.1) is 6.92 Å². The Labute approximate surface area is 118 Å². The number of hydrogen-bond donors (Lipinski definition) is 1. The third kappa shape index (κ3) is 2.72. The largest absolute Gasteiger partial charge is 0.384 e. The Balaban J connectivity index is 2.42. The molecule has 0 spiro atoms. The molecule has 0 fully saturated rings. The Bertz CT molecular complexity index is 730. The Hall–Kier alpha value is -2.14. The van der Waals surface area contributed by atoms with Gasteiger partial charge in [0.15, 0.2) is 0 Å². The molecule has 0 unspecified atom stereocenters. The van der Waals surface area contributed by atoms with Crippen LogP contribution in [0.15, 0.2) is 63.3 Å². The van der Waals surface area contributed by atoms with Crippen LogP contribution >= 0.6 is 0 Å². The van der Waals surface area contributed by atoms with Crippen LogP contribution in [0.5, 0.6) is 0 Å². The number of sulfone groups is 1. The quantitative estimate of drug-likeness (QED) is 0.695. The van der Waals surface area contributed by atoms with Gasteiger partial charge in [0.25, 0.3) is 0 Å². The number of nitrogens with zero attached hydrogens (tertiary/aromatic N) is 1. The summed E-state index contributed by atoms with van der Waals surface area (Å²) in [5, 5.41) is 0. The molecular weight excluding hydrogens is 272 g/mol. The lowest BCUT2D eigenvalue weighted by Gasteiger charge is -2.06. The molecule has 0 saturated carbocycles. The summed E-state index contributed by atoms with van der Waals surface area (Å²) in [7, 11) is -1.90. The maximum Gasteiger partial charge on any atom is 0.206 e. The van der Waals surface area contributed by atoms with Crippen LogP contribution in [-0.2, 0) is 9.84 Å². The highest BCUT2D eigenvalue weighted by atomic mass is 32.2. The second kappa shape index (κ2) is 5.46. The van der Waals surface area contributed by atoms with Gasteiger partial charge < -0.3 is 5.73 Å². The fraction of sp³-hybridized carbons (Fsp3) is 0.133. The van der Waals surface area contributed by atoms with E-state index >= 15 is 0 Å². The van der Waals surface area contributed by atoms with Crippen LogP contribution < -0.4 is 5.73 Å². The van der Waals surface area contributed by atoms with Gasteiger partial charge in [0, 0.05) is 12.6 Å². The van der Waals surface area contributed by atoms with E-state index in [1.54, 1.807) is 55.6 Å². The van der Waals surface area contributed by atoms with Crippen molar-refractivity contribution in [3.8, 4) is 0 Å². The first-order chi connectivity index (χ1) is 9.45. The average molecular weight is 288 g/mol. The van der Waals surface area contributed by atoms with Crippen molar-refractivity contribution in [2.45, 2.75) is 16.7 Å². The third-order valence-corrected chi connectivity index (χ3v) is 4.82. The number of aliphatic imine (C=N–C) groups is 1. The summed E-state index contributed by atoms with van der Waals surface area (Å²) in [6.07, 6.45) is 0. The van der Waals surface area contributed by atoms with E-state index in [2.05, 4.69) is 4.99 Å². The van der Waals surface area contributed by atoms with Crippen LogP contribution in [0.25, 0.3) is 0 Å². The molecule has 0 aliphatic carbocycles. The van der Waals surface area contributed by atoms with E-state index in [4.69, 9.17) is 5.73 Å². The van der Waals surface area contributed by atoms with Crippen LogP contribution in [0.4, 0.5) is 0 Å². The summed E-state index contributed by atoms with van der Waals surface area (Å²) < 4.78 is 24.9. The van der Waals surface area contributed by atoms with E-state index in [9.17, 15) is 8.42 Å². The Kier molecular flexibility index (Phi) is 3.90. The molecule has 104 valence electrons. The molecule has 0 amide bonds. The van der Waals surface area contributed by atoms with Crippen LogP contribution in [0.3, 0.4) is 0 Å². The third-order valence-electron chi connectivity index (χ3n) is 3.03. The molecule has 0 atom stereocenters. The normalized spacial score (nSPS) is 12.4. The van der Waals surface area contributed by atoms with Gasteiger partial charge in [-0.2, -0.15) is 0 Å². The highest BCUT2D eigenvalue weighted by molar-refractivity contribution is 7.91. The molecule has 0 heterocycles. The second-order valence-electron chi connectivity index (χ2n) is 4.45. The van der Waals surface area contributed by atoms with Crippen LogP contribution in [-0.4, -0.2) is 21.3 Å². The Morgan fingerprint density at radius 2 is 1.40 bits per heavy atom. The minimum absolute atomic E-state index is 0.244. The van der Waals surface area contributed by atoms with Crippen molar-refractivity contribution in [2.24, 2.45) is 10.7 Å². The summed E-state index contributed by atoms with van der Waals surface area (Å²) in [6.45, 7) is 1.91. The summed E-state index contributed by atoms with van der Waals surface area (Å²) >= 11 is 0. The van der Waals surface area contributed by atoms with Crippen molar-refractivity contribution in [1.82, 2.24) is 0 Å². The van der Waals surface area contributed by atoms with E-state index < -0.39 is 9.84 Å². The van der Waals surface area contributed by atoms with Gasteiger partial charge >= 0.3 is 0 Å². The first-order valence-corrected chi connectivity index (χ1v) is 7.58. The van der Waals surface area contributed by atoms with E-state index in [0.29, 0.717) is 11.4 Å². The second-order valence-corrected chi connectivity index (χ2v) is 6.40. The fourth-order valence-corrected chi connectivity index (χ4v) is 3.05. The van der Waals surface area contributed by atoms with E-state index in [1.807, 2.05) is 6.92 Å². The SMILES string of the molecule is C/N=C(\N)c1ccc(S(=O)(=O)c2ccc(C)cc2)cc1. The summed E-state index contributed by atoms with van der Waals surface area (Å²) in [6, 6.07) is 13.2. The number of hydrogen-bond acceptors (Lipinski definition) is 3. The van der Waals surface area contributed by atoms with Gasteiger partial charge in [0.05, 0.1) is 9.79 Å². The van der Waals surface area contributed by atoms with E-state index in [1.165, 1.54) is 0 Å². The molecule has 2 N–H and O–H groups in total. The lowest BCUT2D eigenvalue weighted by molar-refractivity contribution is 0.596. The zero-order valence-electron chi connectivity index (χ0n) is 11.4. The predicted molar refractivity (Wildman–Crippen MR) is 79.7 cm³/mol. The number of nitrogens with two attached hydrogens (primary N) is 1. The van der Waals surface area contributed by atoms with Crippen molar-refractivity contribution in [1.29, 1.82) is 0 Å². The minimum atomic E-state index is -3.49. The molecule has 0 aromatic heterocycles. The van der Waals surface area contributed by atoms with Gasteiger partial charge in [-0.3, -0.25) is 4.99 Å². The van der Waals surface area contributed by atoms with Gasteiger partial charge in [0.1, 0.15) is 5.84 Å². The molecule has 0 saturated heterocycles. The topological polar surface area (TPSA) is 72.5 Å². The number of amidine groups is 1. The van der Waals surface area contributed by atoms with Crippen molar-refractivity contribution in [3.63, 3.8) is 0 Å². The zero-order chi connectivity index (χ0) is 14.8. The monoisotopic (exact) mass is 288 g/mol. The minimum Gasteiger partial charge on any atom is -0.384 e. The van der Waals surface area contributed by atoms with Gasteiger partial charge in [-0.1, -0.05) is 17.7 Å². The van der Waals surface area contributed by atoms with Crippen LogP contribution in [0.2, 0.25) is 0 Å². The molecule has 0 aliphatic heterocycles. The first-order valence-electron chi connectivity index (χ1n) is 6.09. The lowest BCUT2D eigenvalue weighted by Crippen LogP contribution is -2.13. The van der Waals surface area contributed by atoms with Gasteiger partial charge in [0.2, 0.25) is 9.84 Å². The van der Waals surface area contributed by atoms with Crippen LogP contribution in [0.1, 0.15) is 11.1 Å². The summed E-state index contributed by atoms with van der Waals surface area (Å²) in [4.78, 5) is 4.39. The number of aryl methyl sites for hydroxylation is 1. The highest BCUT2D eigenvalue weighted by Crippen LogP contribution is 2.21. The zero-order valence-corrected chi connectivity index (χ0v) is 12.2. The summed E-state index contributed by atoms with van der Waals surface area (Å²) in [5.41, 5.74) is 7.41. The average Bonchev–Trinajstić information content (AvgIpc) is 2.47. The molecule has 0 bridgehead atoms. The molecule has 0 aliphatic rings. The maximum absolute atomic E-state index is 12.4. The maximum atomic E-state index is 12.4. The van der Waals surface area contributed by atoms with Gasteiger partial charge in [-0.15, -0.1) is 0 Å². The fourth-order valence-electron chi connectivity index (χ4n) is 1.79. The number of benzene rings is 2. The van der Waals surface area contributed by atoms with Crippen molar-refractivity contribution < 1.29 is 8.42 Å². The smallest absolute Gasteiger partial charge is 0.206 e. The summed E-state index contributed by atoms with van der Waals surface area (Å²) in [5.74, 6) is 0.379. The molecular formula is C15H16N2O2S. The molecule has 20 heavy (non-hydrogen) atoms. The van der Waals surface area contributed by atoms with Gasteiger partial charge in [-0.25, -0.2) is 8.42 Å².